The van der Waals surface area contributed by atoms with Crippen molar-refractivity contribution in [1.82, 2.24) is 9.97 Å². The summed E-state index contributed by atoms with van der Waals surface area (Å²) >= 11 is 6.02. The zero-order valence-corrected chi connectivity index (χ0v) is 37.9. The second-order valence-electron chi connectivity index (χ2n) is 6.10. The summed E-state index contributed by atoms with van der Waals surface area (Å²) in [5, 5.41) is 19.6. The van der Waals surface area contributed by atoms with Crippen molar-refractivity contribution >= 4 is 75.8 Å². The molecule has 17 heteroatoms. The third-order valence-corrected chi connectivity index (χ3v) is 5.66. The minimum Gasteiger partial charge on any atom is -1.00 e. The number of aromatic nitrogens is 2. The Morgan fingerprint density at radius 1 is 1.05 bits per heavy atom. The summed E-state index contributed by atoms with van der Waals surface area (Å²) in [5.74, 6) is 1.07. The van der Waals surface area contributed by atoms with E-state index in [1.54, 1.807) is 32.4 Å². The topological polar surface area (TPSA) is 175 Å². The zero-order valence-electron chi connectivity index (χ0n) is 24.1. The number of phenolic OH excluding ortho intramolecular Hbond substituents is 1. The summed E-state index contributed by atoms with van der Waals surface area (Å²) in [5.41, 5.74) is 12.8. The number of alkyl halides is 2. The second kappa shape index (κ2) is 29.4. The molecule has 0 saturated heterocycles. The van der Waals surface area contributed by atoms with Crippen molar-refractivity contribution in [3.05, 3.63) is 36.4 Å². The Morgan fingerprint density at radius 2 is 1.54 bits per heavy atom. The van der Waals surface area contributed by atoms with Crippen LogP contribution in [0.2, 0.25) is 0 Å². The first-order chi connectivity index (χ1) is 18.3. The van der Waals surface area contributed by atoms with Crippen LogP contribution < -0.4 is 159 Å². The molecule has 0 fully saturated rings. The number of anilines is 2. The molecule has 0 atom stereocenters. The van der Waals surface area contributed by atoms with Crippen LogP contribution in [0, 0.1) is 0 Å². The number of halogens is 2. The number of thiazole rings is 2. The molecule has 0 aliphatic carbocycles. The SMILES string of the molecule is COCCBr.COCCOc1ccc2nc(N)sc2c1.Nc1nc2ccc(O)cc2s1.O=CO[O-].[2H]CF.[Cs+].[Cs+].[H-]. The van der Waals surface area contributed by atoms with Crippen LogP contribution in [0.15, 0.2) is 36.4 Å². The third-order valence-electron chi connectivity index (χ3n) is 3.64. The average Bonchev–Trinajstić information content (AvgIpc) is 3.45. The molecule has 4 aromatic rings. The van der Waals surface area contributed by atoms with E-state index in [2.05, 4.69) is 35.5 Å². The first-order valence-corrected chi connectivity index (χ1v) is 12.8. The van der Waals surface area contributed by atoms with Crippen LogP contribution in [0.1, 0.15) is 2.80 Å². The molecule has 208 valence electrons. The third kappa shape index (κ3) is 20.8. The zero-order chi connectivity index (χ0) is 28.8. The normalized spacial score (nSPS) is 9.21. The number of methoxy groups -OCH3 is 2. The minimum atomic E-state index is -1.00. The van der Waals surface area contributed by atoms with Crippen molar-refractivity contribution < 1.29 is 179 Å². The number of phenols is 1. The molecule has 0 spiro atoms. The molecule has 0 bridgehead atoms. The molecule has 0 aliphatic rings. The Bertz CT molecular complexity index is 1190. The van der Waals surface area contributed by atoms with E-state index in [1.807, 2.05) is 18.2 Å². The second-order valence-corrected chi connectivity index (χ2v) is 9.02. The van der Waals surface area contributed by atoms with E-state index in [1.165, 1.54) is 22.7 Å². The summed E-state index contributed by atoms with van der Waals surface area (Å²) in [7, 11) is 2.33. The number of carbonyl (C=O) groups excluding carboxylic acids is 1. The van der Waals surface area contributed by atoms with Gasteiger partial charge in [0.2, 0.25) is 0 Å². The maximum absolute atomic E-state index is 9.96. The molecule has 11 nitrogen and oxygen atoms in total. The Kier molecular flexibility index (Phi) is 31.9. The summed E-state index contributed by atoms with van der Waals surface area (Å²) in [6.45, 7) is 1.76. The van der Waals surface area contributed by atoms with E-state index in [4.69, 9.17) is 37.5 Å². The molecule has 5 N–H and O–H groups in total. The van der Waals surface area contributed by atoms with E-state index in [0.29, 0.717) is 23.5 Å². The van der Waals surface area contributed by atoms with Gasteiger partial charge in [-0.2, -0.15) is 0 Å². The van der Waals surface area contributed by atoms with Gasteiger partial charge in [0.1, 0.15) is 18.1 Å². The van der Waals surface area contributed by atoms with E-state index in [9.17, 15) is 4.39 Å². The van der Waals surface area contributed by atoms with Gasteiger partial charge in [0.25, 0.3) is 6.47 Å². The fourth-order valence-corrected chi connectivity index (χ4v) is 4.12. The summed E-state index contributed by atoms with van der Waals surface area (Å²) in [6.07, 6.45) is 0. The number of hydrogen-bond donors (Lipinski definition) is 3. The van der Waals surface area contributed by atoms with Crippen LogP contribution >= 0.6 is 38.6 Å². The number of fused-ring (bicyclic) bond motifs is 2. The Morgan fingerprint density at radius 3 is 1.97 bits per heavy atom. The van der Waals surface area contributed by atoms with Gasteiger partial charge in [0.15, 0.2) is 10.3 Å². The molecule has 0 aliphatic heterocycles. The first kappa shape index (κ1) is 42.4. The largest absolute Gasteiger partial charge is 1.00 e. The monoisotopic (exact) mass is 891 g/mol. The first-order valence-electron chi connectivity index (χ1n) is 10.8. The van der Waals surface area contributed by atoms with Gasteiger partial charge in [-0.15, -0.1) is 0 Å². The van der Waals surface area contributed by atoms with Crippen molar-refractivity contribution in [2.24, 2.45) is 0 Å². The number of hydrogen-bond acceptors (Lipinski definition) is 13. The van der Waals surface area contributed by atoms with Crippen LogP contribution in [0.5, 0.6) is 11.5 Å². The van der Waals surface area contributed by atoms with E-state index < -0.39 is 7.15 Å². The van der Waals surface area contributed by atoms with Crippen molar-refractivity contribution in [3.63, 3.8) is 0 Å². The molecular weight excluding hydrogens is 861 g/mol. The van der Waals surface area contributed by atoms with E-state index in [-0.39, 0.29) is 151 Å². The molecule has 39 heavy (non-hydrogen) atoms. The van der Waals surface area contributed by atoms with Gasteiger partial charge in [-0.25, -0.2) is 9.97 Å². The molecular formula is C22H30BrCs2FN4O7S2. The molecule has 0 saturated carbocycles. The molecule has 4 rings (SSSR count). The van der Waals surface area contributed by atoms with Gasteiger partial charge in [-0.3, -0.25) is 9.18 Å². The number of nitrogens with two attached hydrogens (primary N) is 2. The van der Waals surface area contributed by atoms with Crippen LogP contribution in [0.4, 0.5) is 14.7 Å². The minimum absolute atomic E-state index is 0. The maximum Gasteiger partial charge on any atom is 1.00 e. The number of nitrogens with zero attached hydrogens (tertiary/aromatic N) is 2. The Hall–Kier alpha value is 1.28. The van der Waals surface area contributed by atoms with Crippen molar-refractivity contribution in [2.45, 2.75) is 0 Å². The predicted molar refractivity (Wildman–Crippen MR) is 148 cm³/mol. The van der Waals surface area contributed by atoms with Crippen molar-refractivity contribution in [1.29, 1.82) is 0 Å². The van der Waals surface area contributed by atoms with Gasteiger partial charge >= 0.3 is 138 Å². The average molecular weight is 892 g/mol. The summed E-state index contributed by atoms with van der Waals surface area (Å²) in [4.78, 5) is 19.5. The summed E-state index contributed by atoms with van der Waals surface area (Å²) in [6, 6.07) is 10.7. The summed E-state index contributed by atoms with van der Waals surface area (Å²) < 4.78 is 32.5. The van der Waals surface area contributed by atoms with Gasteiger partial charge < -0.3 is 42.4 Å². The van der Waals surface area contributed by atoms with Gasteiger partial charge in [0, 0.05) is 19.5 Å². The van der Waals surface area contributed by atoms with Crippen LogP contribution in [-0.2, 0) is 19.2 Å². The van der Waals surface area contributed by atoms with Crippen molar-refractivity contribution in [2.75, 3.05) is 58.0 Å². The van der Waals surface area contributed by atoms with Crippen molar-refractivity contribution in [3.8, 4) is 11.5 Å². The fraction of sp³-hybridized carbons (Fsp3) is 0.318. The van der Waals surface area contributed by atoms with Gasteiger partial charge in [-0.05, 0) is 36.4 Å². The van der Waals surface area contributed by atoms with E-state index >= 15 is 0 Å². The molecule has 2 heterocycles. The van der Waals surface area contributed by atoms with Crippen LogP contribution in [0.3, 0.4) is 0 Å². The number of benzene rings is 2. The predicted octanol–water partition coefficient (Wildman–Crippen LogP) is -2.34. The van der Waals surface area contributed by atoms with Crippen LogP contribution in [-0.4, -0.2) is 68.1 Å². The smallest absolute Gasteiger partial charge is 1.00 e. The molecule has 2 aromatic carbocycles. The van der Waals surface area contributed by atoms with Gasteiger partial charge in [-0.1, -0.05) is 38.6 Å². The number of ether oxygens (including phenoxy) is 3. The maximum atomic E-state index is 9.96. The standard InChI is InChI=1S/C10H12N2O2S.C7H6N2OS.C3H7BrO.CH3F.CH2O3.2Cs.H/c1-13-4-5-14-7-2-3-8-9(6-7)15-10(11)12-8;8-7-9-5-2-1-4(10)3-6(5)11-7;1-5-3-2-4;1-2;2-1-4-3;;;/h2-3,6H,4-5H2,1H3,(H2,11,12);1-3,10H,(H2,8,9);2-3H2,1H3;1H3;1,3H;;;/q;;;;;2*+1;-1/p-1/i;;;1D;;;;. The number of nitrogen functional groups attached to an aromatic ring is 2. The number of carbonyl (C=O) groups is 1. The molecule has 0 radical (unpaired) electrons. The number of aromatic hydroxyl groups is 1. The Balaban J connectivity index is -0.000000233. The molecule has 0 amide bonds. The Labute approximate surface area is 363 Å². The van der Waals surface area contributed by atoms with E-state index in [0.717, 1.165) is 38.1 Å². The fourth-order valence-electron chi connectivity index (χ4n) is 2.26. The quantitative estimate of drug-likeness (QED) is 0.0597. The number of rotatable bonds is 7. The molecule has 0 unspecified atom stereocenters. The van der Waals surface area contributed by atoms with Crippen LogP contribution in [0.25, 0.3) is 20.4 Å². The van der Waals surface area contributed by atoms with Gasteiger partial charge in [0.05, 0.1) is 42.2 Å². The molecule has 2 aromatic heterocycles.